The van der Waals surface area contributed by atoms with Gasteiger partial charge in [0.25, 0.3) is 0 Å². The fourth-order valence-corrected chi connectivity index (χ4v) is 4.17. The van der Waals surface area contributed by atoms with E-state index in [1.807, 2.05) is 54.6 Å². The molecular weight excluding hydrogens is 358 g/mol. The first kappa shape index (κ1) is 19.1. The number of carboxylic acid groups (broad SMARTS) is 1. The molecule has 2 N–H and O–H groups in total. The van der Waals surface area contributed by atoms with Crippen molar-refractivity contribution in [3.8, 4) is 0 Å². The van der Waals surface area contributed by atoms with Crippen LogP contribution in [-0.2, 0) is 16.0 Å². The zero-order valence-electron chi connectivity index (χ0n) is 15.7. The van der Waals surface area contributed by atoms with Gasteiger partial charge in [0.05, 0.1) is 0 Å². The summed E-state index contributed by atoms with van der Waals surface area (Å²) in [5, 5.41) is 13.6. The molecule has 0 saturated carbocycles. The summed E-state index contributed by atoms with van der Waals surface area (Å²) in [7, 11) is 0. The van der Waals surface area contributed by atoms with Gasteiger partial charge >= 0.3 is 5.97 Å². The lowest BCUT2D eigenvalue weighted by Gasteiger charge is -2.23. The van der Waals surface area contributed by atoms with Crippen molar-refractivity contribution in [2.45, 2.75) is 33.1 Å². The van der Waals surface area contributed by atoms with Gasteiger partial charge in [0, 0.05) is 21.7 Å². The maximum absolute atomic E-state index is 12.8. The molecule has 0 aliphatic rings. The first-order valence-electron chi connectivity index (χ1n) is 8.92. The third-order valence-electron chi connectivity index (χ3n) is 4.81. The molecule has 2 aromatic carbocycles. The zero-order valence-corrected chi connectivity index (χ0v) is 16.5. The first-order chi connectivity index (χ1) is 12.8. The van der Waals surface area contributed by atoms with Crippen molar-refractivity contribution in [3.05, 3.63) is 65.0 Å². The maximum Gasteiger partial charge on any atom is 0.319 e. The minimum absolute atomic E-state index is 0.150. The summed E-state index contributed by atoms with van der Waals surface area (Å²) in [5.41, 5.74) is 0.227. The number of anilines is 1. The van der Waals surface area contributed by atoms with Crippen LogP contribution in [0.5, 0.6) is 0 Å². The van der Waals surface area contributed by atoms with E-state index in [1.165, 1.54) is 23.8 Å². The van der Waals surface area contributed by atoms with Gasteiger partial charge in [-0.05, 0) is 48.1 Å². The molecule has 1 amide bonds. The van der Waals surface area contributed by atoms with Gasteiger partial charge in [-0.25, -0.2) is 0 Å². The number of amides is 1. The Labute approximate surface area is 162 Å². The molecule has 4 nitrogen and oxygen atoms in total. The van der Waals surface area contributed by atoms with Crippen LogP contribution in [0, 0.1) is 5.41 Å². The van der Waals surface area contributed by atoms with Gasteiger partial charge in [-0.2, -0.15) is 0 Å². The van der Waals surface area contributed by atoms with Crippen LogP contribution in [0.4, 0.5) is 5.69 Å². The highest BCUT2D eigenvalue weighted by Crippen LogP contribution is 2.32. The van der Waals surface area contributed by atoms with Crippen molar-refractivity contribution in [1.29, 1.82) is 0 Å². The lowest BCUT2D eigenvalue weighted by atomic mass is 9.85. The highest BCUT2D eigenvalue weighted by atomic mass is 32.1. The molecule has 3 aromatic rings. The summed E-state index contributed by atoms with van der Waals surface area (Å²) in [6.07, 6.45) is 0.150. The summed E-state index contributed by atoms with van der Waals surface area (Å²) in [5.74, 6) is -1.24. The summed E-state index contributed by atoms with van der Waals surface area (Å²) < 4.78 is 1.09. The van der Waals surface area contributed by atoms with Gasteiger partial charge in [-0.1, -0.05) is 44.2 Å². The Hall–Kier alpha value is -2.66. The van der Waals surface area contributed by atoms with E-state index in [2.05, 4.69) is 19.2 Å². The van der Waals surface area contributed by atoms with Gasteiger partial charge in [0.1, 0.15) is 5.41 Å². The molecule has 0 radical (unpaired) electrons. The lowest BCUT2D eigenvalue weighted by molar-refractivity contribution is -0.152. The van der Waals surface area contributed by atoms with Crippen LogP contribution in [0.15, 0.2) is 54.6 Å². The number of fused-ring (bicyclic) bond motifs is 1. The largest absolute Gasteiger partial charge is 0.480 e. The monoisotopic (exact) mass is 381 g/mol. The molecule has 0 aliphatic carbocycles. The quantitative estimate of drug-likeness (QED) is 0.570. The van der Waals surface area contributed by atoms with Crippen molar-refractivity contribution in [2.75, 3.05) is 5.32 Å². The zero-order chi connectivity index (χ0) is 19.6. The molecular formula is C22H23NO3S. The van der Waals surface area contributed by atoms with Gasteiger partial charge in [-0.15, -0.1) is 11.3 Å². The molecule has 0 saturated heterocycles. The third-order valence-corrected chi connectivity index (χ3v) is 5.93. The highest BCUT2D eigenvalue weighted by molar-refractivity contribution is 7.19. The molecule has 0 bridgehead atoms. The van der Waals surface area contributed by atoms with E-state index in [1.54, 1.807) is 0 Å². The highest BCUT2D eigenvalue weighted by Gasteiger charge is 2.42. The fraction of sp³-hybridized carbons (Fsp3) is 0.273. The molecule has 140 valence electrons. The van der Waals surface area contributed by atoms with Crippen LogP contribution < -0.4 is 5.32 Å². The molecule has 0 spiro atoms. The number of carbonyl (C=O) groups excluding carboxylic acids is 1. The summed E-state index contributed by atoms with van der Waals surface area (Å²) in [6, 6.07) is 17.4. The Morgan fingerprint density at radius 1 is 1.11 bits per heavy atom. The van der Waals surface area contributed by atoms with Crippen molar-refractivity contribution in [2.24, 2.45) is 5.41 Å². The average Bonchev–Trinajstić information content (AvgIpc) is 3.03. The van der Waals surface area contributed by atoms with Gasteiger partial charge in [0.2, 0.25) is 5.91 Å². The smallest absolute Gasteiger partial charge is 0.319 e. The molecule has 1 atom stereocenters. The minimum Gasteiger partial charge on any atom is -0.480 e. The van der Waals surface area contributed by atoms with E-state index in [9.17, 15) is 14.7 Å². The Kier molecular flexibility index (Phi) is 5.33. The molecule has 0 fully saturated rings. The van der Waals surface area contributed by atoms with Gasteiger partial charge in [-0.3, -0.25) is 9.59 Å². The van der Waals surface area contributed by atoms with Crippen molar-refractivity contribution < 1.29 is 14.7 Å². The van der Waals surface area contributed by atoms with Crippen LogP contribution in [0.1, 0.15) is 37.1 Å². The number of benzene rings is 2. The summed E-state index contributed by atoms with van der Waals surface area (Å²) in [6.45, 7) is 5.68. The number of carboxylic acids is 1. The predicted molar refractivity (Wildman–Crippen MR) is 110 cm³/mol. The minimum atomic E-state index is -1.54. The summed E-state index contributed by atoms with van der Waals surface area (Å²) in [4.78, 5) is 25.7. The molecule has 1 unspecified atom stereocenters. The standard InChI is InChI=1S/C22H23NO3S/c1-14(2)15-8-10-17(11-9-15)23-20(24)22(3,21(25)26)13-18-12-16-6-4-5-7-19(16)27-18/h4-12,14H,13H2,1-3H3,(H,23,24)(H,25,26). The number of rotatable bonds is 6. The normalized spacial score (nSPS) is 13.5. The Bertz CT molecular complexity index is 942. The van der Waals surface area contributed by atoms with E-state index >= 15 is 0 Å². The van der Waals surface area contributed by atoms with E-state index in [-0.39, 0.29) is 6.42 Å². The molecule has 0 aliphatic heterocycles. The number of thiophene rings is 1. The Morgan fingerprint density at radius 3 is 2.37 bits per heavy atom. The van der Waals surface area contributed by atoms with E-state index < -0.39 is 17.3 Å². The van der Waals surface area contributed by atoms with Crippen LogP contribution in [0.2, 0.25) is 0 Å². The first-order valence-corrected chi connectivity index (χ1v) is 9.73. The fourth-order valence-electron chi connectivity index (χ4n) is 2.95. The third kappa shape index (κ3) is 4.03. The Balaban J connectivity index is 1.82. The van der Waals surface area contributed by atoms with E-state index in [4.69, 9.17) is 0 Å². The molecule has 27 heavy (non-hydrogen) atoms. The topological polar surface area (TPSA) is 66.4 Å². The van der Waals surface area contributed by atoms with Crippen molar-refractivity contribution in [3.63, 3.8) is 0 Å². The number of carbonyl (C=O) groups is 2. The van der Waals surface area contributed by atoms with Crippen LogP contribution in [0.3, 0.4) is 0 Å². The van der Waals surface area contributed by atoms with Gasteiger partial charge in [0.15, 0.2) is 0 Å². The second kappa shape index (κ2) is 7.53. The molecule has 5 heteroatoms. The Morgan fingerprint density at radius 2 is 1.78 bits per heavy atom. The lowest BCUT2D eigenvalue weighted by Crippen LogP contribution is -2.42. The number of hydrogen-bond acceptors (Lipinski definition) is 3. The second-order valence-electron chi connectivity index (χ2n) is 7.30. The molecule has 1 aromatic heterocycles. The second-order valence-corrected chi connectivity index (χ2v) is 8.46. The van der Waals surface area contributed by atoms with Crippen LogP contribution in [0.25, 0.3) is 10.1 Å². The van der Waals surface area contributed by atoms with Crippen molar-refractivity contribution in [1.82, 2.24) is 0 Å². The van der Waals surface area contributed by atoms with Crippen LogP contribution in [-0.4, -0.2) is 17.0 Å². The number of aliphatic carboxylic acids is 1. The maximum atomic E-state index is 12.8. The van der Waals surface area contributed by atoms with E-state index in [0.29, 0.717) is 11.6 Å². The molecule has 1 heterocycles. The number of nitrogens with one attached hydrogen (secondary N) is 1. The SMILES string of the molecule is CC(C)c1ccc(NC(=O)C(C)(Cc2cc3ccccc3s2)C(=O)O)cc1. The van der Waals surface area contributed by atoms with Crippen molar-refractivity contribution >= 4 is 39.0 Å². The van der Waals surface area contributed by atoms with Gasteiger partial charge < -0.3 is 10.4 Å². The van der Waals surface area contributed by atoms with Crippen LogP contribution >= 0.6 is 11.3 Å². The average molecular weight is 381 g/mol. The predicted octanol–water partition coefficient (Wildman–Crippen LogP) is 5.30. The summed E-state index contributed by atoms with van der Waals surface area (Å²) >= 11 is 1.53. The van der Waals surface area contributed by atoms with E-state index in [0.717, 1.165) is 15.0 Å². The molecule has 3 rings (SSSR count). The number of hydrogen-bond donors (Lipinski definition) is 2.